The summed E-state index contributed by atoms with van der Waals surface area (Å²) in [5.41, 5.74) is 1.48. The lowest BCUT2D eigenvalue weighted by Gasteiger charge is -2.08. The van der Waals surface area contributed by atoms with Crippen LogP contribution in [-0.4, -0.2) is 18.1 Å². The van der Waals surface area contributed by atoms with Crippen LogP contribution in [0.5, 0.6) is 0 Å². The van der Waals surface area contributed by atoms with Crippen molar-refractivity contribution < 1.29 is 0 Å². The van der Waals surface area contributed by atoms with Gasteiger partial charge in [-0.05, 0) is 36.1 Å². The molecule has 0 saturated heterocycles. The highest BCUT2D eigenvalue weighted by Gasteiger charge is 2.01. The monoisotopic (exact) mass is 254 g/mol. The van der Waals surface area contributed by atoms with Crippen molar-refractivity contribution in [3.05, 3.63) is 28.8 Å². The largest absolute Gasteiger partial charge is 0.384 e. The Balaban J connectivity index is 2.46. The van der Waals surface area contributed by atoms with E-state index in [1.165, 1.54) is 0 Å². The van der Waals surface area contributed by atoms with E-state index in [2.05, 4.69) is 18.3 Å². The zero-order chi connectivity index (χ0) is 11.8. The fourth-order valence-corrected chi connectivity index (χ4v) is 2.11. The Morgan fingerprint density at radius 3 is 3.00 bits per heavy atom. The van der Waals surface area contributed by atoms with E-state index in [1.54, 1.807) is 18.2 Å². The molecule has 1 aromatic carbocycles. The lowest BCUT2D eigenvalue weighted by molar-refractivity contribution is 0.991. The lowest BCUT2D eigenvalue weighted by atomic mass is 10.2. The first-order chi connectivity index (χ1) is 7.77. The molecule has 0 atom stereocenters. The summed E-state index contributed by atoms with van der Waals surface area (Å²) in [6.45, 7) is 3.03. The van der Waals surface area contributed by atoms with Crippen LogP contribution in [0.1, 0.15) is 18.9 Å². The molecule has 1 aromatic rings. The molecule has 0 saturated carbocycles. The van der Waals surface area contributed by atoms with Crippen LogP contribution in [0, 0.1) is 11.3 Å². The van der Waals surface area contributed by atoms with Gasteiger partial charge in [0.15, 0.2) is 0 Å². The van der Waals surface area contributed by atoms with Crippen molar-refractivity contribution in [2.24, 2.45) is 0 Å². The van der Waals surface area contributed by atoms with Crippen LogP contribution in [-0.2, 0) is 0 Å². The fraction of sp³-hybridized carbons (Fsp3) is 0.417. The minimum atomic E-state index is 0.646. The van der Waals surface area contributed by atoms with Gasteiger partial charge in [0.2, 0.25) is 0 Å². The van der Waals surface area contributed by atoms with Crippen LogP contribution in [0.2, 0.25) is 5.02 Å². The third kappa shape index (κ3) is 4.34. The second-order valence-electron chi connectivity index (χ2n) is 3.28. The number of rotatable bonds is 6. The number of hydrogen-bond donors (Lipinski definition) is 1. The molecule has 0 aliphatic carbocycles. The third-order valence-corrected chi connectivity index (χ3v) is 3.31. The van der Waals surface area contributed by atoms with Crippen LogP contribution in [0.4, 0.5) is 5.69 Å². The number of nitrogens with one attached hydrogen (secondary N) is 1. The molecule has 4 heteroatoms. The Bertz CT molecular complexity index is 374. The fourth-order valence-electron chi connectivity index (χ4n) is 1.30. The lowest BCUT2D eigenvalue weighted by Crippen LogP contribution is -2.04. The molecule has 1 N–H and O–H groups in total. The molecule has 0 spiro atoms. The molecule has 2 nitrogen and oxygen atoms in total. The number of benzene rings is 1. The molecule has 16 heavy (non-hydrogen) atoms. The van der Waals surface area contributed by atoms with Crippen molar-refractivity contribution >= 4 is 29.1 Å². The van der Waals surface area contributed by atoms with Crippen molar-refractivity contribution in [1.29, 1.82) is 5.26 Å². The second-order valence-corrected chi connectivity index (χ2v) is 5.11. The Kier molecular flexibility index (Phi) is 6.14. The SMILES string of the molecule is CCSCCCNc1cc(Cl)ccc1C#N. The van der Waals surface area contributed by atoms with Gasteiger partial charge in [-0.1, -0.05) is 18.5 Å². The molecule has 86 valence electrons. The molecular weight excluding hydrogens is 240 g/mol. The topological polar surface area (TPSA) is 35.8 Å². The second kappa shape index (κ2) is 7.43. The molecule has 0 aliphatic heterocycles. The Morgan fingerprint density at radius 1 is 1.50 bits per heavy atom. The molecular formula is C12H15ClN2S. The first kappa shape index (κ1) is 13.2. The summed E-state index contributed by atoms with van der Waals surface area (Å²) < 4.78 is 0. The normalized spacial score (nSPS) is 9.81. The third-order valence-electron chi connectivity index (χ3n) is 2.09. The van der Waals surface area contributed by atoms with Crippen LogP contribution < -0.4 is 5.32 Å². The van der Waals surface area contributed by atoms with Gasteiger partial charge in [0.1, 0.15) is 6.07 Å². The van der Waals surface area contributed by atoms with E-state index in [9.17, 15) is 0 Å². The Hall–Kier alpha value is -0.850. The van der Waals surface area contributed by atoms with Crippen LogP contribution in [0.25, 0.3) is 0 Å². The number of nitrogens with zero attached hydrogens (tertiary/aromatic N) is 1. The molecule has 1 rings (SSSR count). The zero-order valence-electron chi connectivity index (χ0n) is 9.29. The zero-order valence-corrected chi connectivity index (χ0v) is 10.9. The maximum atomic E-state index is 8.91. The summed E-state index contributed by atoms with van der Waals surface area (Å²) in [6.07, 6.45) is 1.09. The molecule has 0 unspecified atom stereocenters. The van der Waals surface area contributed by atoms with Gasteiger partial charge in [0.05, 0.1) is 11.3 Å². The van der Waals surface area contributed by atoms with Crippen molar-refractivity contribution in [2.75, 3.05) is 23.4 Å². The van der Waals surface area contributed by atoms with Gasteiger partial charge in [0.25, 0.3) is 0 Å². The maximum absolute atomic E-state index is 8.91. The highest BCUT2D eigenvalue weighted by Crippen LogP contribution is 2.20. The highest BCUT2D eigenvalue weighted by molar-refractivity contribution is 7.99. The van der Waals surface area contributed by atoms with Gasteiger partial charge < -0.3 is 5.32 Å². The molecule has 0 heterocycles. The van der Waals surface area contributed by atoms with E-state index in [0.717, 1.165) is 30.2 Å². The van der Waals surface area contributed by atoms with E-state index >= 15 is 0 Å². The standard InChI is InChI=1S/C12H15ClN2S/c1-2-16-7-3-6-15-12-8-11(13)5-4-10(12)9-14/h4-5,8,15H,2-3,6-7H2,1H3. The van der Waals surface area contributed by atoms with Crippen molar-refractivity contribution in [3.8, 4) is 6.07 Å². The Morgan fingerprint density at radius 2 is 2.31 bits per heavy atom. The summed E-state index contributed by atoms with van der Waals surface area (Å²) in [7, 11) is 0. The number of hydrogen-bond acceptors (Lipinski definition) is 3. The average molecular weight is 255 g/mol. The maximum Gasteiger partial charge on any atom is 0.101 e. The number of halogens is 1. The predicted octanol–water partition coefficient (Wildman–Crippen LogP) is 3.77. The number of nitriles is 1. The summed E-state index contributed by atoms with van der Waals surface area (Å²) >= 11 is 7.81. The van der Waals surface area contributed by atoms with Crippen molar-refractivity contribution in [3.63, 3.8) is 0 Å². The summed E-state index contributed by atoms with van der Waals surface area (Å²) in [4.78, 5) is 0. The van der Waals surface area contributed by atoms with E-state index in [-0.39, 0.29) is 0 Å². The van der Waals surface area contributed by atoms with Gasteiger partial charge in [-0.2, -0.15) is 17.0 Å². The van der Waals surface area contributed by atoms with Crippen LogP contribution in [0.15, 0.2) is 18.2 Å². The molecule has 0 bridgehead atoms. The van der Waals surface area contributed by atoms with Crippen LogP contribution >= 0.6 is 23.4 Å². The minimum absolute atomic E-state index is 0.646. The van der Waals surface area contributed by atoms with Crippen LogP contribution in [0.3, 0.4) is 0 Å². The first-order valence-electron chi connectivity index (χ1n) is 5.29. The van der Waals surface area contributed by atoms with Gasteiger partial charge in [-0.15, -0.1) is 0 Å². The van der Waals surface area contributed by atoms with Gasteiger partial charge >= 0.3 is 0 Å². The number of anilines is 1. The summed E-state index contributed by atoms with van der Waals surface area (Å²) in [6, 6.07) is 7.42. The van der Waals surface area contributed by atoms with Gasteiger partial charge in [-0.25, -0.2) is 0 Å². The molecule has 0 fully saturated rings. The van der Waals surface area contributed by atoms with Gasteiger partial charge in [0, 0.05) is 11.6 Å². The first-order valence-corrected chi connectivity index (χ1v) is 6.82. The van der Waals surface area contributed by atoms with Crippen molar-refractivity contribution in [1.82, 2.24) is 0 Å². The van der Waals surface area contributed by atoms with E-state index in [1.807, 2.05) is 11.8 Å². The summed E-state index contributed by atoms with van der Waals surface area (Å²) in [5.74, 6) is 2.30. The summed E-state index contributed by atoms with van der Waals surface area (Å²) in [5, 5.41) is 12.8. The molecule has 0 aromatic heterocycles. The minimum Gasteiger partial charge on any atom is -0.384 e. The average Bonchev–Trinajstić information content (AvgIpc) is 2.29. The molecule has 0 radical (unpaired) electrons. The smallest absolute Gasteiger partial charge is 0.101 e. The predicted molar refractivity (Wildman–Crippen MR) is 72.3 cm³/mol. The van der Waals surface area contributed by atoms with E-state index in [4.69, 9.17) is 16.9 Å². The van der Waals surface area contributed by atoms with E-state index < -0.39 is 0 Å². The molecule has 0 aliphatic rings. The van der Waals surface area contributed by atoms with E-state index in [0.29, 0.717) is 10.6 Å². The Labute approximate surface area is 106 Å². The number of thioether (sulfide) groups is 1. The van der Waals surface area contributed by atoms with Crippen molar-refractivity contribution in [2.45, 2.75) is 13.3 Å². The van der Waals surface area contributed by atoms with Gasteiger partial charge in [-0.3, -0.25) is 0 Å². The quantitative estimate of drug-likeness (QED) is 0.785. The highest BCUT2D eigenvalue weighted by atomic mass is 35.5. The molecule has 0 amide bonds.